The zero-order chi connectivity index (χ0) is 12.7. The summed E-state index contributed by atoms with van der Waals surface area (Å²) in [5.41, 5.74) is 0.498. The number of carbonyl (C=O) groups is 1. The van der Waals surface area contributed by atoms with Crippen LogP contribution in [0, 0.1) is 5.92 Å². The molecular formula is C12H17ClN2O2. The van der Waals surface area contributed by atoms with E-state index in [0.717, 1.165) is 0 Å². The molecule has 0 aliphatic carbocycles. The lowest BCUT2D eigenvalue weighted by Gasteiger charge is -2.08. The maximum Gasteiger partial charge on any atom is 0.252 e. The van der Waals surface area contributed by atoms with Crippen molar-refractivity contribution in [3.8, 4) is 0 Å². The number of carbonyl (C=O) groups excluding carboxylic acids is 1. The summed E-state index contributed by atoms with van der Waals surface area (Å²) in [4.78, 5) is 15.4. The van der Waals surface area contributed by atoms with Crippen LogP contribution in [0.5, 0.6) is 0 Å². The number of aromatic nitrogens is 1. The molecule has 17 heavy (non-hydrogen) atoms. The molecule has 1 amide bonds. The summed E-state index contributed by atoms with van der Waals surface area (Å²) in [5, 5.41) is 3.12. The Labute approximate surface area is 106 Å². The highest BCUT2D eigenvalue weighted by atomic mass is 35.5. The molecule has 0 radical (unpaired) electrons. The van der Waals surface area contributed by atoms with Crippen LogP contribution < -0.4 is 5.32 Å². The zero-order valence-electron chi connectivity index (χ0n) is 10.1. The van der Waals surface area contributed by atoms with Gasteiger partial charge in [0.1, 0.15) is 5.15 Å². The first-order valence-electron chi connectivity index (χ1n) is 5.57. The Morgan fingerprint density at radius 3 is 2.88 bits per heavy atom. The van der Waals surface area contributed by atoms with Crippen LogP contribution in [0.15, 0.2) is 18.3 Å². The Bertz CT molecular complexity index is 352. The van der Waals surface area contributed by atoms with Crippen LogP contribution in [0.4, 0.5) is 0 Å². The predicted octanol–water partition coefficient (Wildman–Crippen LogP) is 2.14. The molecule has 0 spiro atoms. The minimum absolute atomic E-state index is 0.165. The van der Waals surface area contributed by atoms with Gasteiger partial charge in [-0.2, -0.15) is 0 Å². The van der Waals surface area contributed by atoms with Gasteiger partial charge in [0.15, 0.2) is 0 Å². The van der Waals surface area contributed by atoms with Gasteiger partial charge < -0.3 is 10.1 Å². The first-order valence-corrected chi connectivity index (χ1v) is 5.95. The van der Waals surface area contributed by atoms with Crippen molar-refractivity contribution in [2.45, 2.75) is 13.8 Å². The Kier molecular flexibility index (Phi) is 5.94. The molecule has 0 saturated heterocycles. The highest BCUT2D eigenvalue weighted by Gasteiger charge is 2.04. The van der Waals surface area contributed by atoms with Gasteiger partial charge in [0.2, 0.25) is 0 Å². The van der Waals surface area contributed by atoms with Gasteiger partial charge in [0, 0.05) is 19.3 Å². The number of halogens is 1. The van der Waals surface area contributed by atoms with E-state index >= 15 is 0 Å². The highest BCUT2D eigenvalue weighted by Crippen LogP contribution is 2.04. The van der Waals surface area contributed by atoms with Crippen molar-refractivity contribution in [1.29, 1.82) is 0 Å². The van der Waals surface area contributed by atoms with Gasteiger partial charge >= 0.3 is 0 Å². The lowest BCUT2D eigenvalue weighted by atomic mass is 10.2. The molecule has 0 bridgehead atoms. The first kappa shape index (κ1) is 13.9. The average molecular weight is 257 g/mol. The molecule has 1 heterocycles. The minimum atomic E-state index is -0.165. The van der Waals surface area contributed by atoms with Crippen molar-refractivity contribution in [3.05, 3.63) is 29.0 Å². The first-order chi connectivity index (χ1) is 8.09. The van der Waals surface area contributed by atoms with E-state index in [1.54, 1.807) is 12.1 Å². The van der Waals surface area contributed by atoms with Gasteiger partial charge in [0.05, 0.1) is 12.2 Å². The molecule has 4 nitrogen and oxygen atoms in total. The van der Waals surface area contributed by atoms with Crippen LogP contribution in [0.3, 0.4) is 0 Å². The largest absolute Gasteiger partial charge is 0.379 e. The maximum absolute atomic E-state index is 11.6. The van der Waals surface area contributed by atoms with Gasteiger partial charge in [-0.3, -0.25) is 4.79 Å². The van der Waals surface area contributed by atoms with Gasteiger partial charge in [-0.15, -0.1) is 0 Å². The second kappa shape index (κ2) is 7.25. The van der Waals surface area contributed by atoms with Crippen LogP contribution >= 0.6 is 11.6 Å². The van der Waals surface area contributed by atoms with E-state index in [2.05, 4.69) is 24.1 Å². The molecule has 94 valence electrons. The van der Waals surface area contributed by atoms with Crippen molar-refractivity contribution >= 4 is 17.5 Å². The number of rotatable bonds is 6. The molecule has 0 saturated carbocycles. The number of hydrogen-bond acceptors (Lipinski definition) is 3. The van der Waals surface area contributed by atoms with Gasteiger partial charge in [0.25, 0.3) is 5.91 Å². The molecule has 1 aromatic heterocycles. The Morgan fingerprint density at radius 1 is 1.53 bits per heavy atom. The lowest BCUT2D eigenvalue weighted by Crippen LogP contribution is -2.27. The summed E-state index contributed by atoms with van der Waals surface area (Å²) in [5.74, 6) is 0.341. The van der Waals surface area contributed by atoms with Crippen LogP contribution in [0.2, 0.25) is 5.15 Å². The van der Waals surface area contributed by atoms with E-state index in [4.69, 9.17) is 16.3 Å². The van der Waals surface area contributed by atoms with E-state index in [0.29, 0.717) is 36.4 Å². The lowest BCUT2D eigenvalue weighted by molar-refractivity contribution is 0.0886. The standard InChI is InChI=1S/C12H17ClN2O2/c1-9(2)8-17-6-5-14-12(16)10-3-4-11(13)15-7-10/h3-4,7,9H,5-6,8H2,1-2H3,(H,14,16). The number of amides is 1. The number of pyridine rings is 1. The molecule has 1 rings (SSSR count). The molecule has 0 fully saturated rings. The van der Waals surface area contributed by atoms with Gasteiger partial charge in [-0.25, -0.2) is 4.98 Å². The zero-order valence-corrected chi connectivity index (χ0v) is 10.8. The summed E-state index contributed by atoms with van der Waals surface area (Å²) >= 11 is 5.63. The van der Waals surface area contributed by atoms with Crippen molar-refractivity contribution < 1.29 is 9.53 Å². The normalized spacial score (nSPS) is 10.6. The topological polar surface area (TPSA) is 51.2 Å². The number of nitrogens with zero attached hydrogens (tertiary/aromatic N) is 1. The molecule has 0 aliphatic heterocycles. The highest BCUT2D eigenvalue weighted by molar-refractivity contribution is 6.29. The molecule has 0 atom stereocenters. The van der Waals surface area contributed by atoms with E-state index < -0.39 is 0 Å². The molecule has 0 aromatic carbocycles. The summed E-state index contributed by atoms with van der Waals surface area (Å²) in [7, 11) is 0. The summed E-state index contributed by atoms with van der Waals surface area (Å²) in [6.07, 6.45) is 1.45. The Morgan fingerprint density at radius 2 is 2.29 bits per heavy atom. The molecular weight excluding hydrogens is 240 g/mol. The van der Waals surface area contributed by atoms with Crippen molar-refractivity contribution in [2.75, 3.05) is 19.8 Å². The minimum Gasteiger partial charge on any atom is -0.379 e. The third-order valence-electron chi connectivity index (χ3n) is 1.97. The monoisotopic (exact) mass is 256 g/mol. The van der Waals surface area contributed by atoms with Gasteiger partial charge in [-0.1, -0.05) is 25.4 Å². The third-order valence-corrected chi connectivity index (χ3v) is 2.20. The summed E-state index contributed by atoms with van der Waals surface area (Å²) in [6, 6.07) is 3.23. The molecule has 0 unspecified atom stereocenters. The van der Waals surface area contributed by atoms with Crippen molar-refractivity contribution in [1.82, 2.24) is 10.3 Å². The molecule has 1 aromatic rings. The van der Waals surface area contributed by atoms with Crippen molar-refractivity contribution in [2.24, 2.45) is 5.92 Å². The smallest absolute Gasteiger partial charge is 0.252 e. The fourth-order valence-corrected chi connectivity index (χ4v) is 1.28. The van der Waals surface area contributed by atoms with E-state index in [-0.39, 0.29) is 5.91 Å². The fourth-order valence-electron chi connectivity index (χ4n) is 1.17. The van der Waals surface area contributed by atoms with Gasteiger partial charge in [-0.05, 0) is 18.1 Å². The Balaban J connectivity index is 2.23. The predicted molar refractivity (Wildman–Crippen MR) is 67.2 cm³/mol. The quantitative estimate of drug-likeness (QED) is 0.627. The maximum atomic E-state index is 11.6. The fraction of sp³-hybridized carbons (Fsp3) is 0.500. The van der Waals surface area contributed by atoms with Crippen LogP contribution in [-0.2, 0) is 4.74 Å². The van der Waals surface area contributed by atoms with E-state index in [1.165, 1.54) is 6.20 Å². The SMILES string of the molecule is CC(C)COCCNC(=O)c1ccc(Cl)nc1. The third kappa shape index (κ3) is 5.65. The molecule has 1 N–H and O–H groups in total. The molecule has 5 heteroatoms. The summed E-state index contributed by atoms with van der Waals surface area (Å²) in [6.45, 7) is 5.88. The van der Waals surface area contributed by atoms with Crippen molar-refractivity contribution in [3.63, 3.8) is 0 Å². The second-order valence-corrected chi connectivity index (χ2v) is 4.48. The number of hydrogen-bond donors (Lipinski definition) is 1. The number of nitrogens with one attached hydrogen (secondary N) is 1. The van der Waals surface area contributed by atoms with Crippen LogP contribution in [0.25, 0.3) is 0 Å². The number of ether oxygens (including phenoxy) is 1. The van der Waals surface area contributed by atoms with Crippen LogP contribution in [0.1, 0.15) is 24.2 Å². The molecule has 0 aliphatic rings. The second-order valence-electron chi connectivity index (χ2n) is 4.09. The Hall–Kier alpha value is -1.13. The van der Waals surface area contributed by atoms with Crippen LogP contribution in [-0.4, -0.2) is 30.6 Å². The summed E-state index contributed by atoms with van der Waals surface area (Å²) < 4.78 is 5.35. The average Bonchev–Trinajstić information content (AvgIpc) is 2.29. The van der Waals surface area contributed by atoms with E-state index in [1.807, 2.05) is 0 Å². The van der Waals surface area contributed by atoms with E-state index in [9.17, 15) is 4.79 Å².